The highest BCUT2D eigenvalue weighted by atomic mass is 32.2. The molecule has 1 fully saturated rings. The van der Waals surface area contributed by atoms with Crippen LogP contribution in [0.25, 0.3) is 0 Å². The van der Waals surface area contributed by atoms with Gasteiger partial charge in [0.2, 0.25) is 0 Å². The number of nitrogens with one attached hydrogen (secondary N) is 1. The summed E-state index contributed by atoms with van der Waals surface area (Å²) in [7, 11) is -2.05. The number of hydrogen-bond acceptors (Lipinski definition) is 5. The topological polar surface area (TPSA) is 82.5 Å². The Kier molecular flexibility index (Phi) is 4.79. The standard InChI is InChI=1S/C12H21N3O4S/c1-4-5-9(2)14-20(16,17)11-10(8-13-15(11)3)12-18-6-7-19-12/h8-9,12,14H,4-7H2,1-3H3. The van der Waals surface area contributed by atoms with E-state index in [1.807, 2.05) is 13.8 Å². The molecule has 1 saturated heterocycles. The first kappa shape index (κ1) is 15.4. The Balaban J connectivity index is 2.28. The molecule has 1 aliphatic rings. The van der Waals surface area contributed by atoms with Gasteiger partial charge in [-0.2, -0.15) is 5.10 Å². The molecule has 114 valence electrons. The van der Waals surface area contributed by atoms with E-state index in [2.05, 4.69) is 9.82 Å². The summed E-state index contributed by atoms with van der Waals surface area (Å²) < 4.78 is 39.7. The lowest BCUT2D eigenvalue weighted by Crippen LogP contribution is -2.34. The molecular weight excluding hydrogens is 282 g/mol. The monoisotopic (exact) mass is 303 g/mol. The Hall–Kier alpha value is -0.960. The molecule has 2 rings (SSSR count). The Morgan fingerprint density at radius 1 is 1.50 bits per heavy atom. The Labute approximate surface area is 119 Å². The van der Waals surface area contributed by atoms with Gasteiger partial charge in [-0.3, -0.25) is 4.68 Å². The van der Waals surface area contributed by atoms with Gasteiger partial charge in [-0.25, -0.2) is 13.1 Å². The fourth-order valence-corrected chi connectivity index (χ4v) is 3.90. The molecule has 0 amide bonds. The van der Waals surface area contributed by atoms with Crippen molar-refractivity contribution in [1.29, 1.82) is 0 Å². The van der Waals surface area contributed by atoms with Gasteiger partial charge in [0.25, 0.3) is 10.0 Å². The minimum atomic E-state index is -3.65. The van der Waals surface area contributed by atoms with Gasteiger partial charge in [0.15, 0.2) is 11.3 Å². The van der Waals surface area contributed by atoms with Gasteiger partial charge >= 0.3 is 0 Å². The molecule has 0 aromatic carbocycles. The number of ether oxygens (including phenoxy) is 2. The van der Waals surface area contributed by atoms with Gasteiger partial charge in [-0.1, -0.05) is 13.3 Å². The normalized spacial score (nSPS) is 18.6. The summed E-state index contributed by atoms with van der Waals surface area (Å²) in [6.45, 7) is 4.78. The van der Waals surface area contributed by atoms with Crippen molar-refractivity contribution in [3.05, 3.63) is 11.8 Å². The third-order valence-corrected chi connectivity index (χ3v) is 4.84. The van der Waals surface area contributed by atoms with E-state index in [4.69, 9.17) is 9.47 Å². The van der Waals surface area contributed by atoms with E-state index < -0.39 is 16.3 Å². The van der Waals surface area contributed by atoms with Crippen LogP contribution in [0.4, 0.5) is 0 Å². The first-order valence-corrected chi connectivity index (χ1v) is 8.21. The molecule has 1 atom stereocenters. The summed E-state index contributed by atoms with van der Waals surface area (Å²) in [5, 5.41) is 4.12. The van der Waals surface area contributed by atoms with E-state index in [9.17, 15) is 8.42 Å². The molecule has 0 spiro atoms. The summed E-state index contributed by atoms with van der Waals surface area (Å²) >= 11 is 0. The minimum absolute atomic E-state index is 0.104. The molecule has 0 bridgehead atoms. The molecule has 2 heterocycles. The maximum atomic E-state index is 12.5. The predicted molar refractivity (Wildman–Crippen MR) is 72.5 cm³/mol. The van der Waals surface area contributed by atoms with E-state index in [1.165, 1.54) is 10.9 Å². The van der Waals surface area contributed by atoms with Crippen LogP contribution in [0.15, 0.2) is 11.2 Å². The third kappa shape index (κ3) is 3.20. The summed E-state index contributed by atoms with van der Waals surface area (Å²) in [6.07, 6.45) is 2.52. The molecule has 1 unspecified atom stereocenters. The highest BCUT2D eigenvalue weighted by Crippen LogP contribution is 2.28. The van der Waals surface area contributed by atoms with Crippen LogP contribution in [0.5, 0.6) is 0 Å². The zero-order chi connectivity index (χ0) is 14.8. The van der Waals surface area contributed by atoms with E-state index >= 15 is 0 Å². The van der Waals surface area contributed by atoms with Crippen LogP contribution in [-0.2, 0) is 26.5 Å². The Morgan fingerprint density at radius 3 is 2.75 bits per heavy atom. The average Bonchev–Trinajstić information content (AvgIpc) is 2.96. The highest BCUT2D eigenvalue weighted by molar-refractivity contribution is 7.89. The van der Waals surface area contributed by atoms with Crippen LogP contribution in [0.2, 0.25) is 0 Å². The van der Waals surface area contributed by atoms with Gasteiger partial charge in [-0.15, -0.1) is 0 Å². The maximum Gasteiger partial charge on any atom is 0.258 e. The largest absolute Gasteiger partial charge is 0.346 e. The first-order chi connectivity index (χ1) is 9.45. The number of aryl methyl sites for hydroxylation is 1. The molecule has 8 heteroatoms. The zero-order valence-electron chi connectivity index (χ0n) is 12.0. The summed E-state index contributed by atoms with van der Waals surface area (Å²) in [4.78, 5) is 0. The Morgan fingerprint density at radius 2 is 2.15 bits per heavy atom. The van der Waals surface area contributed by atoms with Crippen LogP contribution in [0.3, 0.4) is 0 Å². The Bertz CT molecular complexity index is 549. The fraction of sp³-hybridized carbons (Fsp3) is 0.750. The van der Waals surface area contributed by atoms with Gasteiger partial charge in [0.1, 0.15) is 0 Å². The first-order valence-electron chi connectivity index (χ1n) is 6.73. The smallest absolute Gasteiger partial charge is 0.258 e. The molecular formula is C12H21N3O4S. The van der Waals surface area contributed by atoms with Crippen molar-refractivity contribution in [2.45, 2.75) is 44.0 Å². The summed E-state index contributed by atoms with van der Waals surface area (Å²) in [5.41, 5.74) is 0.446. The maximum absolute atomic E-state index is 12.5. The van der Waals surface area contributed by atoms with Crippen LogP contribution >= 0.6 is 0 Å². The van der Waals surface area contributed by atoms with Gasteiger partial charge in [0.05, 0.1) is 25.0 Å². The van der Waals surface area contributed by atoms with Crippen molar-refractivity contribution < 1.29 is 17.9 Å². The van der Waals surface area contributed by atoms with Crippen LogP contribution in [-0.4, -0.2) is 37.5 Å². The molecule has 1 aromatic rings. The SMILES string of the molecule is CCCC(C)NS(=O)(=O)c1c(C2OCCO2)cnn1C. The quantitative estimate of drug-likeness (QED) is 0.845. The van der Waals surface area contributed by atoms with Crippen LogP contribution < -0.4 is 4.72 Å². The van der Waals surface area contributed by atoms with Gasteiger partial charge < -0.3 is 9.47 Å². The van der Waals surface area contributed by atoms with Crippen molar-refractivity contribution in [3.8, 4) is 0 Å². The van der Waals surface area contributed by atoms with E-state index in [-0.39, 0.29) is 11.1 Å². The summed E-state index contributed by atoms with van der Waals surface area (Å²) in [5.74, 6) is 0. The van der Waals surface area contributed by atoms with Crippen LogP contribution in [0, 0.1) is 0 Å². The fourth-order valence-electron chi connectivity index (χ4n) is 2.28. The van der Waals surface area contributed by atoms with Crippen molar-refractivity contribution >= 4 is 10.0 Å². The number of rotatable bonds is 6. The third-order valence-electron chi connectivity index (χ3n) is 3.12. The predicted octanol–water partition coefficient (Wildman–Crippen LogP) is 0.932. The second-order valence-electron chi connectivity index (χ2n) is 4.91. The lowest BCUT2D eigenvalue weighted by molar-refractivity contribution is -0.0463. The zero-order valence-corrected chi connectivity index (χ0v) is 12.8. The minimum Gasteiger partial charge on any atom is -0.346 e. The number of aromatic nitrogens is 2. The molecule has 1 N–H and O–H groups in total. The number of sulfonamides is 1. The average molecular weight is 303 g/mol. The number of hydrogen-bond donors (Lipinski definition) is 1. The lowest BCUT2D eigenvalue weighted by Gasteiger charge is -2.16. The molecule has 1 aliphatic heterocycles. The van der Waals surface area contributed by atoms with E-state index in [0.717, 1.165) is 12.8 Å². The highest BCUT2D eigenvalue weighted by Gasteiger charge is 2.31. The molecule has 7 nitrogen and oxygen atoms in total. The van der Waals surface area contributed by atoms with E-state index in [1.54, 1.807) is 7.05 Å². The molecule has 20 heavy (non-hydrogen) atoms. The van der Waals surface area contributed by atoms with Crippen LogP contribution in [0.1, 0.15) is 38.5 Å². The van der Waals surface area contributed by atoms with Crippen molar-refractivity contribution in [3.63, 3.8) is 0 Å². The number of nitrogens with zero attached hydrogens (tertiary/aromatic N) is 2. The molecule has 0 saturated carbocycles. The second kappa shape index (κ2) is 6.21. The lowest BCUT2D eigenvalue weighted by atomic mass is 10.2. The van der Waals surface area contributed by atoms with Gasteiger partial charge in [0, 0.05) is 13.1 Å². The van der Waals surface area contributed by atoms with Crippen molar-refractivity contribution in [2.24, 2.45) is 7.05 Å². The molecule has 1 aromatic heterocycles. The summed E-state index contributed by atoms with van der Waals surface area (Å²) in [6, 6.07) is -0.127. The second-order valence-corrected chi connectivity index (χ2v) is 6.54. The van der Waals surface area contributed by atoms with Crippen molar-refractivity contribution in [1.82, 2.24) is 14.5 Å². The van der Waals surface area contributed by atoms with Gasteiger partial charge in [-0.05, 0) is 13.3 Å². The van der Waals surface area contributed by atoms with E-state index in [0.29, 0.717) is 18.8 Å². The molecule has 0 radical (unpaired) electrons. The molecule has 0 aliphatic carbocycles. The van der Waals surface area contributed by atoms with Crippen molar-refractivity contribution in [2.75, 3.05) is 13.2 Å².